The Bertz CT molecular complexity index is 1990. The molecule has 6 rings (SSSR count). The van der Waals surface area contributed by atoms with Crippen LogP contribution in [-0.4, -0.2) is 23.7 Å². The molecule has 3 aromatic carbocycles. The van der Waals surface area contributed by atoms with Crippen LogP contribution in [0.25, 0.3) is 22.7 Å². The van der Waals surface area contributed by atoms with Crippen molar-refractivity contribution < 1.29 is 9.34 Å². The molecule has 3 heterocycles. The largest absolute Gasteiger partial charge is 0.460 e. The Morgan fingerprint density at radius 3 is 1.70 bits per heavy atom. The second-order valence-corrected chi connectivity index (χ2v) is 10.4. The SMILES string of the molecule is Cc1c(C(c2ccc(-c3cccc([N+](=O)[O-])c3)o2)c2c(C)n(C)n(-c3ccccc3)c2=O)c(=O)n(-c2ccccc2)n1C. The molecule has 0 saturated carbocycles. The van der Waals surface area contributed by atoms with Gasteiger partial charge in [0.1, 0.15) is 11.5 Å². The first-order valence-electron chi connectivity index (χ1n) is 13.7. The molecule has 6 aromatic rings. The van der Waals surface area contributed by atoms with E-state index in [4.69, 9.17) is 4.42 Å². The van der Waals surface area contributed by atoms with E-state index in [1.165, 1.54) is 12.1 Å². The molecule has 0 bridgehead atoms. The molecule has 0 fully saturated rings. The van der Waals surface area contributed by atoms with Crippen LogP contribution >= 0.6 is 0 Å². The van der Waals surface area contributed by atoms with Gasteiger partial charge in [-0.3, -0.25) is 29.1 Å². The van der Waals surface area contributed by atoms with E-state index in [1.54, 1.807) is 57.1 Å². The van der Waals surface area contributed by atoms with Gasteiger partial charge in [-0.2, -0.15) is 0 Å². The van der Waals surface area contributed by atoms with E-state index in [-0.39, 0.29) is 16.8 Å². The van der Waals surface area contributed by atoms with Crippen molar-refractivity contribution in [3.63, 3.8) is 0 Å². The summed E-state index contributed by atoms with van der Waals surface area (Å²) in [7, 11) is 3.61. The Kier molecular flexibility index (Phi) is 6.81. The topological polar surface area (TPSA) is 110 Å². The van der Waals surface area contributed by atoms with Crippen LogP contribution in [0, 0.1) is 24.0 Å². The first kappa shape index (κ1) is 27.5. The van der Waals surface area contributed by atoms with Crippen molar-refractivity contribution in [1.29, 1.82) is 0 Å². The minimum atomic E-state index is -0.861. The molecule has 0 aliphatic carbocycles. The number of non-ortho nitro benzene ring substituents is 1. The van der Waals surface area contributed by atoms with Gasteiger partial charge in [-0.05, 0) is 50.2 Å². The summed E-state index contributed by atoms with van der Waals surface area (Å²) in [6, 6.07) is 28.2. The highest BCUT2D eigenvalue weighted by Gasteiger charge is 2.35. The maximum absolute atomic E-state index is 14.3. The molecule has 216 valence electrons. The molecule has 43 heavy (non-hydrogen) atoms. The van der Waals surface area contributed by atoms with Crippen molar-refractivity contribution in [3.8, 4) is 22.7 Å². The quantitative estimate of drug-likeness (QED) is 0.181. The van der Waals surface area contributed by atoms with Crippen LogP contribution in [0.4, 0.5) is 5.69 Å². The molecular formula is C33H29N5O5. The fourth-order valence-electron chi connectivity index (χ4n) is 5.71. The van der Waals surface area contributed by atoms with Gasteiger partial charge in [0.15, 0.2) is 0 Å². The number of nitro benzene ring substituents is 1. The van der Waals surface area contributed by atoms with Crippen LogP contribution in [0.1, 0.15) is 34.2 Å². The lowest BCUT2D eigenvalue weighted by atomic mass is 9.89. The molecule has 0 saturated heterocycles. The van der Waals surface area contributed by atoms with E-state index >= 15 is 0 Å². The highest BCUT2D eigenvalue weighted by molar-refractivity contribution is 5.62. The van der Waals surface area contributed by atoms with E-state index < -0.39 is 10.8 Å². The molecule has 0 atom stereocenters. The fraction of sp³-hybridized carbons (Fsp3) is 0.152. The summed E-state index contributed by atoms with van der Waals surface area (Å²) in [5, 5.41) is 11.4. The number of nitro groups is 1. The number of rotatable bonds is 7. The lowest BCUT2D eigenvalue weighted by Crippen LogP contribution is -2.26. The van der Waals surface area contributed by atoms with Crippen LogP contribution in [0.3, 0.4) is 0 Å². The summed E-state index contributed by atoms with van der Waals surface area (Å²) in [6.45, 7) is 3.70. The predicted octanol–water partition coefficient (Wildman–Crippen LogP) is 5.63. The minimum Gasteiger partial charge on any atom is -0.460 e. The molecule has 0 amide bonds. The van der Waals surface area contributed by atoms with Crippen molar-refractivity contribution in [2.45, 2.75) is 19.8 Å². The van der Waals surface area contributed by atoms with Gasteiger partial charge in [0.05, 0.1) is 33.3 Å². The molecule has 0 aliphatic heterocycles. The number of hydrogen-bond acceptors (Lipinski definition) is 5. The first-order chi connectivity index (χ1) is 20.7. The lowest BCUT2D eigenvalue weighted by Gasteiger charge is -2.13. The number of aromatic nitrogens is 4. The van der Waals surface area contributed by atoms with E-state index in [2.05, 4.69) is 0 Å². The summed E-state index contributed by atoms with van der Waals surface area (Å²) in [6.07, 6.45) is 0. The lowest BCUT2D eigenvalue weighted by molar-refractivity contribution is -0.384. The molecular weight excluding hydrogens is 546 g/mol. The molecule has 0 aliphatic rings. The van der Waals surface area contributed by atoms with Crippen LogP contribution in [0.15, 0.2) is 111 Å². The van der Waals surface area contributed by atoms with Crippen molar-refractivity contribution in [2.75, 3.05) is 0 Å². The molecule has 10 nitrogen and oxygen atoms in total. The summed E-state index contributed by atoms with van der Waals surface area (Å²) in [4.78, 5) is 39.5. The second-order valence-electron chi connectivity index (χ2n) is 10.4. The predicted molar refractivity (Wildman–Crippen MR) is 163 cm³/mol. The van der Waals surface area contributed by atoms with Crippen LogP contribution in [0.5, 0.6) is 0 Å². The fourth-order valence-corrected chi connectivity index (χ4v) is 5.71. The zero-order valence-electron chi connectivity index (χ0n) is 24.1. The van der Waals surface area contributed by atoms with E-state index in [9.17, 15) is 19.7 Å². The van der Waals surface area contributed by atoms with Gasteiger partial charge < -0.3 is 4.42 Å². The van der Waals surface area contributed by atoms with Crippen LogP contribution in [0.2, 0.25) is 0 Å². The Morgan fingerprint density at radius 1 is 0.698 bits per heavy atom. The average Bonchev–Trinajstić information content (AvgIpc) is 3.65. The van der Waals surface area contributed by atoms with Crippen LogP contribution in [-0.2, 0) is 14.1 Å². The third-order valence-corrected chi connectivity index (χ3v) is 8.03. The van der Waals surface area contributed by atoms with E-state index in [0.717, 1.165) is 0 Å². The average molecular weight is 576 g/mol. The highest BCUT2D eigenvalue weighted by atomic mass is 16.6. The van der Waals surface area contributed by atoms with Crippen molar-refractivity contribution >= 4 is 5.69 Å². The van der Waals surface area contributed by atoms with Gasteiger partial charge in [0, 0.05) is 43.2 Å². The maximum atomic E-state index is 14.3. The Morgan fingerprint density at radius 2 is 1.21 bits per heavy atom. The third-order valence-electron chi connectivity index (χ3n) is 8.03. The van der Waals surface area contributed by atoms with Crippen LogP contribution < -0.4 is 11.1 Å². The van der Waals surface area contributed by atoms with Gasteiger partial charge in [-0.25, -0.2) is 9.36 Å². The zero-order valence-corrected chi connectivity index (χ0v) is 24.1. The number of hydrogen-bond donors (Lipinski definition) is 0. The smallest absolute Gasteiger partial charge is 0.275 e. The summed E-state index contributed by atoms with van der Waals surface area (Å²) >= 11 is 0. The zero-order chi connectivity index (χ0) is 30.4. The monoisotopic (exact) mass is 575 g/mol. The summed E-state index contributed by atoms with van der Waals surface area (Å²) in [5.41, 5.74) is 3.39. The number of para-hydroxylation sites is 2. The highest BCUT2D eigenvalue weighted by Crippen LogP contribution is 2.37. The standard InChI is InChI=1S/C33H29N5O5/c1-21-29(32(39)36(34(21)3)24-13-7-5-8-14-24)31(28-19-18-27(43-28)23-12-11-17-26(20-23)38(41)42)30-22(2)35(4)37(33(30)40)25-15-9-6-10-16-25/h5-20,31H,1-4H3. The van der Waals surface area contributed by atoms with Gasteiger partial charge in [-0.15, -0.1) is 0 Å². The van der Waals surface area contributed by atoms with E-state index in [1.807, 2.05) is 74.5 Å². The molecule has 0 radical (unpaired) electrons. The van der Waals surface area contributed by atoms with E-state index in [0.29, 0.717) is 51.0 Å². The van der Waals surface area contributed by atoms with Crippen molar-refractivity contribution in [1.82, 2.24) is 18.7 Å². The second kappa shape index (κ2) is 10.6. The normalized spacial score (nSPS) is 11.4. The Hall–Kier alpha value is -5.64. The Balaban J connectivity index is 1.62. The molecule has 0 spiro atoms. The maximum Gasteiger partial charge on any atom is 0.275 e. The Labute approximate surface area is 246 Å². The summed E-state index contributed by atoms with van der Waals surface area (Å²) < 4.78 is 13.1. The third kappa shape index (κ3) is 4.53. The molecule has 3 aromatic heterocycles. The summed E-state index contributed by atoms with van der Waals surface area (Å²) in [5.74, 6) is -0.101. The molecule has 0 unspecified atom stereocenters. The molecule has 0 N–H and O–H groups in total. The van der Waals surface area contributed by atoms with Gasteiger partial charge in [0.25, 0.3) is 16.8 Å². The number of furan rings is 1. The van der Waals surface area contributed by atoms with Gasteiger partial charge in [0.2, 0.25) is 0 Å². The van der Waals surface area contributed by atoms with Crippen molar-refractivity contribution in [3.05, 3.63) is 156 Å². The van der Waals surface area contributed by atoms with Gasteiger partial charge in [-0.1, -0.05) is 48.5 Å². The first-order valence-corrected chi connectivity index (χ1v) is 13.7. The number of benzene rings is 3. The molecule has 10 heteroatoms. The minimum absolute atomic E-state index is 0.0682. The van der Waals surface area contributed by atoms with Crippen molar-refractivity contribution in [2.24, 2.45) is 14.1 Å². The number of nitrogens with zero attached hydrogens (tertiary/aromatic N) is 5. The van der Waals surface area contributed by atoms with Gasteiger partial charge >= 0.3 is 0 Å².